The maximum absolute atomic E-state index is 13.6. The van der Waals surface area contributed by atoms with Crippen LogP contribution in [-0.2, 0) is 0 Å². The fourth-order valence-corrected chi connectivity index (χ4v) is 4.95. The zero-order valence-corrected chi connectivity index (χ0v) is 24.8. The number of esters is 2. The molecule has 0 heterocycles. The summed E-state index contributed by atoms with van der Waals surface area (Å²) in [7, 11) is 2.71. The fraction of sp³-hybridized carbons (Fsp3) is 0.323. The Balaban J connectivity index is 2.12. The molecule has 10 heteroatoms. The van der Waals surface area contributed by atoms with Gasteiger partial charge in [-0.15, -0.1) is 0 Å². The van der Waals surface area contributed by atoms with Gasteiger partial charge in [0.15, 0.2) is 0 Å². The van der Waals surface area contributed by atoms with Crippen LogP contribution in [0.1, 0.15) is 75.6 Å². The van der Waals surface area contributed by atoms with E-state index in [1.807, 2.05) is 0 Å². The summed E-state index contributed by atoms with van der Waals surface area (Å²) in [6.45, 7) is 12.8. The Bertz CT molecular complexity index is 1620. The number of methoxy groups -OCH3 is 2. The van der Waals surface area contributed by atoms with E-state index in [0.29, 0.717) is 38.9 Å². The van der Waals surface area contributed by atoms with Crippen molar-refractivity contribution in [2.45, 2.75) is 55.4 Å². The Morgan fingerprint density at radius 3 is 1.41 bits per heavy atom. The third-order valence-corrected chi connectivity index (χ3v) is 7.52. The molecule has 0 spiro atoms. The quantitative estimate of drug-likeness (QED) is 0.239. The topological polar surface area (TPSA) is 149 Å². The molecule has 3 aromatic rings. The Hall–Kier alpha value is -4.73. The molecule has 3 aromatic carbocycles. The number of phenolic OH excluding ortho intramolecular Hbond substituents is 2. The predicted octanol–water partition coefficient (Wildman–Crippen LogP) is 5.72. The van der Waals surface area contributed by atoms with E-state index in [2.05, 4.69) is 0 Å². The Labute approximate surface area is 238 Å². The number of carbonyl (C=O) groups is 3. The number of hydrogen-bond acceptors (Lipinski definition) is 9. The first kappa shape index (κ1) is 30.8. The van der Waals surface area contributed by atoms with Crippen LogP contribution in [0.2, 0.25) is 0 Å². The maximum atomic E-state index is 13.6. The number of aromatic carboxylic acids is 1. The second-order valence-electron chi connectivity index (χ2n) is 9.87. The number of carbonyl (C=O) groups excluding carboxylic acids is 2. The highest BCUT2D eigenvalue weighted by Gasteiger charge is 2.30. The van der Waals surface area contributed by atoms with Crippen molar-refractivity contribution in [2.75, 3.05) is 14.2 Å². The van der Waals surface area contributed by atoms with Gasteiger partial charge in [-0.1, -0.05) is 0 Å². The molecule has 0 amide bonds. The molecule has 0 aromatic heterocycles. The third kappa shape index (κ3) is 5.13. The van der Waals surface area contributed by atoms with Crippen LogP contribution in [0.3, 0.4) is 0 Å². The number of hydrogen-bond donors (Lipinski definition) is 3. The zero-order chi connectivity index (χ0) is 31.1. The van der Waals surface area contributed by atoms with Crippen LogP contribution in [-0.4, -0.2) is 47.4 Å². The summed E-state index contributed by atoms with van der Waals surface area (Å²) >= 11 is 0. The summed E-state index contributed by atoms with van der Waals surface area (Å²) in [4.78, 5) is 38.7. The lowest BCUT2D eigenvalue weighted by Gasteiger charge is -2.22. The number of carboxylic acids is 1. The normalized spacial score (nSPS) is 10.8. The largest absolute Gasteiger partial charge is 0.508 e. The van der Waals surface area contributed by atoms with Crippen LogP contribution < -0.4 is 18.9 Å². The summed E-state index contributed by atoms with van der Waals surface area (Å²) < 4.78 is 22.5. The van der Waals surface area contributed by atoms with Crippen molar-refractivity contribution >= 4 is 17.9 Å². The minimum Gasteiger partial charge on any atom is -0.508 e. The highest BCUT2D eigenvalue weighted by atomic mass is 16.5. The zero-order valence-electron chi connectivity index (χ0n) is 24.8. The summed E-state index contributed by atoms with van der Waals surface area (Å²) in [6, 6.07) is 1.36. The molecule has 0 saturated heterocycles. The SMILES string of the molecule is COc1c(C)c(OC(=O)c2c(C)c(C)c(OC(=O)c3c(C)cc(O)c(C)c3O)c(C)c2OC)c(C)c(C)c1C(=O)O. The summed E-state index contributed by atoms with van der Waals surface area (Å²) in [5, 5.41) is 30.2. The molecule has 0 aliphatic heterocycles. The van der Waals surface area contributed by atoms with E-state index in [1.54, 1.807) is 48.5 Å². The second-order valence-corrected chi connectivity index (χ2v) is 9.87. The van der Waals surface area contributed by atoms with Gasteiger partial charge < -0.3 is 34.3 Å². The number of ether oxygens (including phenoxy) is 4. The van der Waals surface area contributed by atoms with Crippen LogP contribution in [0.25, 0.3) is 0 Å². The Morgan fingerprint density at radius 1 is 0.561 bits per heavy atom. The standard InChI is InChI=1S/C31H34O10/c1-12-11-20(32)17(6)24(33)21(12)30(36)40-26-16(5)14(3)23(28(39-10)19(26)8)31(37)41-25-15(4)13(2)22(29(34)35)27(38-9)18(25)7/h11,32-33H,1-10H3,(H,34,35). The fourth-order valence-electron chi connectivity index (χ4n) is 4.95. The first-order valence-corrected chi connectivity index (χ1v) is 12.7. The van der Waals surface area contributed by atoms with E-state index in [0.717, 1.165) is 0 Å². The number of aryl methyl sites for hydroxylation is 1. The molecule has 0 aliphatic rings. The minimum atomic E-state index is -1.16. The van der Waals surface area contributed by atoms with Gasteiger partial charge in [0, 0.05) is 16.7 Å². The molecule has 0 saturated carbocycles. The first-order valence-electron chi connectivity index (χ1n) is 12.7. The highest BCUT2D eigenvalue weighted by Crippen LogP contribution is 2.42. The van der Waals surface area contributed by atoms with Gasteiger partial charge >= 0.3 is 17.9 Å². The van der Waals surface area contributed by atoms with Crippen LogP contribution in [0.5, 0.6) is 34.5 Å². The van der Waals surface area contributed by atoms with E-state index >= 15 is 0 Å². The molecule has 0 atom stereocenters. The van der Waals surface area contributed by atoms with Gasteiger partial charge in [0.25, 0.3) is 0 Å². The van der Waals surface area contributed by atoms with E-state index in [4.69, 9.17) is 18.9 Å². The first-order chi connectivity index (χ1) is 19.1. The van der Waals surface area contributed by atoms with Crippen molar-refractivity contribution in [3.8, 4) is 34.5 Å². The molecule has 0 bridgehead atoms. The summed E-state index contributed by atoms with van der Waals surface area (Å²) in [5.74, 6) is -2.81. The van der Waals surface area contributed by atoms with Crippen molar-refractivity contribution in [1.82, 2.24) is 0 Å². The van der Waals surface area contributed by atoms with Gasteiger partial charge in [-0.3, -0.25) is 0 Å². The lowest BCUT2D eigenvalue weighted by atomic mass is 9.95. The number of benzene rings is 3. The lowest BCUT2D eigenvalue weighted by Crippen LogP contribution is -2.18. The molecule has 218 valence electrons. The highest BCUT2D eigenvalue weighted by molar-refractivity contribution is 6.00. The van der Waals surface area contributed by atoms with Gasteiger partial charge in [-0.05, 0) is 89.3 Å². The van der Waals surface area contributed by atoms with Crippen molar-refractivity contribution in [3.63, 3.8) is 0 Å². The number of phenols is 2. The molecule has 3 rings (SSSR count). The lowest BCUT2D eigenvalue weighted by molar-refractivity contribution is 0.0689. The molecular weight excluding hydrogens is 532 g/mol. The van der Waals surface area contributed by atoms with E-state index in [1.165, 1.54) is 27.2 Å². The molecule has 3 N–H and O–H groups in total. The van der Waals surface area contributed by atoms with E-state index < -0.39 is 23.7 Å². The van der Waals surface area contributed by atoms with E-state index in [9.17, 15) is 29.7 Å². The van der Waals surface area contributed by atoms with Crippen LogP contribution in [0.4, 0.5) is 0 Å². The van der Waals surface area contributed by atoms with Gasteiger partial charge in [-0.25, -0.2) is 14.4 Å². The van der Waals surface area contributed by atoms with Crippen LogP contribution in [0.15, 0.2) is 6.07 Å². The summed E-state index contributed by atoms with van der Waals surface area (Å²) in [6.07, 6.45) is 0. The average Bonchev–Trinajstić information content (AvgIpc) is 2.91. The second kappa shape index (κ2) is 11.4. The molecule has 41 heavy (non-hydrogen) atoms. The number of carboxylic acid groups (broad SMARTS) is 1. The van der Waals surface area contributed by atoms with Crippen molar-refractivity contribution in [2.24, 2.45) is 0 Å². The average molecular weight is 567 g/mol. The molecule has 10 nitrogen and oxygen atoms in total. The Kier molecular flexibility index (Phi) is 8.57. The van der Waals surface area contributed by atoms with E-state index in [-0.39, 0.29) is 51.0 Å². The molecule has 0 radical (unpaired) electrons. The van der Waals surface area contributed by atoms with Crippen LogP contribution in [0, 0.1) is 55.4 Å². The molecule has 0 fully saturated rings. The van der Waals surface area contributed by atoms with Crippen molar-refractivity contribution in [1.29, 1.82) is 0 Å². The maximum Gasteiger partial charge on any atom is 0.347 e. The smallest absolute Gasteiger partial charge is 0.347 e. The van der Waals surface area contributed by atoms with Gasteiger partial charge in [0.1, 0.15) is 51.2 Å². The van der Waals surface area contributed by atoms with Crippen molar-refractivity contribution < 1.29 is 48.7 Å². The third-order valence-electron chi connectivity index (χ3n) is 7.52. The number of aromatic hydroxyl groups is 2. The number of rotatable bonds is 7. The molecule has 0 aliphatic carbocycles. The summed E-state index contributed by atoms with van der Waals surface area (Å²) in [5.41, 5.74) is 2.86. The van der Waals surface area contributed by atoms with Gasteiger partial charge in [0.05, 0.1) is 14.2 Å². The van der Waals surface area contributed by atoms with Gasteiger partial charge in [-0.2, -0.15) is 0 Å². The molecular formula is C31H34O10. The predicted molar refractivity (Wildman–Crippen MR) is 151 cm³/mol. The minimum absolute atomic E-state index is 0.0148. The Morgan fingerprint density at radius 2 is 0.976 bits per heavy atom. The monoisotopic (exact) mass is 566 g/mol. The molecule has 0 unspecified atom stereocenters. The van der Waals surface area contributed by atoms with Crippen LogP contribution >= 0.6 is 0 Å². The van der Waals surface area contributed by atoms with Crippen molar-refractivity contribution in [3.05, 3.63) is 67.3 Å². The van der Waals surface area contributed by atoms with Gasteiger partial charge in [0.2, 0.25) is 0 Å².